The summed E-state index contributed by atoms with van der Waals surface area (Å²) in [6.45, 7) is 1.97. The van der Waals surface area contributed by atoms with Crippen LogP contribution in [0, 0.1) is 0 Å². The molecule has 0 radical (unpaired) electrons. The fourth-order valence-electron chi connectivity index (χ4n) is 2.79. The van der Waals surface area contributed by atoms with Crippen molar-refractivity contribution in [2.75, 3.05) is 18.1 Å². The Kier molecular flexibility index (Phi) is 23.3. The molecule has 0 aromatic rings. The fourth-order valence-corrected chi connectivity index (χ4v) is 4.18. The predicted molar refractivity (Wildman–Crippen MR) is 104 cm³/mol. The largest absolute Gasteiger partial charge is 1.00 e. The average Bonchev–Trinajstić information content (AvgIpc) is 2.54. The molecule has 1 unspecified atom stereocenters. The number of hydrogen-bond donors (Lipinski definition) is 0. The Balaban J connectivity index is 0. The van der Waals surface area contributed by atoms with Crippen LogP contribution < -0.4 is 29.6 Å². The first kappa shape index (κ1) is 29.2. The molecule has 1 atom stereocenters. The molecule has 152 valence electrons. The second-order valence-electron chi connectivity index (χ2n) is 6.67. The SMILES string of the molecule is CCCCCCCCCCCCCCCCS(=O)CCOS(=O)(=O)[O-].[Na+]. The maximum absolute atomic E-state index is 11.6. The molecule has 0 bridgehead atoms. The zero-order chi connectivity index (χ0) is 18.8. The third kappa shape index (κ3) is 25.0. The molecule has 0 aliphatic rings. The first-order chi connectivity index (χ1) is 12.0. The standard InChI is InChI=1S/C18H38O5S2.Na/c1-2-3-4-5-6-7-8-9-10-11-12-13-14-15-17-24(19)18-16-23-25(20,21)22;/h2-18H2,1H3,(H,20,21,22);/q;+1/p-1. The van der Waals surface area contributed by atoms with Crippen molar-refractivity contribution in [2.24, 2.45) is 0 Å². The summed E-state index contributed by atoms with van der Waals surface area (Å²) in [7, 11) is -5.75. The van der Waals surface area contributed by atoms with Crippen LogP contribution in [0.15, 0.2) is 0 Å². The van der Waals surface area contributed by atoms with E-state index in [4.69, 9.17) is 0 Å². The van der Waals surface area contributed by atoms with Crippen molar-refractivity contribution in [1.29, 1.82) is 0 Å². The summed E-state index contributed by atoms with van der Waals surface area (Å²) in [6, 6.07) is 0. The summed E-state index contributed by atoms with van der Waals surface area (Å²) < 4.78 is 46.3. The van der Waals surface area contributed by atoms with E-state index in [1.165, 1.54) is 77.0 Å². The molecule has 5 nitrogen and oxygen atoms in total. The second-order valence-corrected chi connectivity index (χ2v) is 9.42. The van der Waals surface area contributed by atoms with Gasteiger partial charge in [-0.1, -0.05) is 90.4 Å². The molecule has 0 rings (SSSR count). The van der Waals surface area contributed by atoms with E-state index in [1.54, 1.807) is 0 Å². The van der Waals surface area contributed by atoms with Gasteiger partial charge in [0.05, 0.1) is 6.61 Å². The molecular weight excluding hydrogens is 383 g/mol. The summed E-state index contributed by atoms with van der Waals surface area (Å²) in [5.74, 6) is 0.667. The van der Waals surface area contributed by atoms with Crippen LogP contribution in [0.3, 0.4) is 0 Å². The van der Waals surface area contributed by atoms with Crippen molar-refractivity contribution in [3.8, 4) is 0 Å². The van der Waals surface area contributed by atoms with Gasteiger partial charge in [0.1, 0.15) is 0 Å². The van der Waals surface area contributed by atoms with Crippen LogP contribution in [0.25, 0.3) is 0 Å². The molecule has 0 amide bonds. The molecule has 0 aromatic heterocycles. The van der Waals surface area contributed by atoms with Gasteiger partial charge in [-0.15, -0.1) is 0 Å². The Morgan fingerprint density at radius 3 is 1.50 bits per heavy atom. The summed E-state index contributed by atoms with van der Waals surface area (Å²) >= 11 is 0. The van der Waals surface area contributed by atoms with Gasteiger partial charge in [0.15, 0.2) is 0 Å². The molecular formula is C18H37NaO5S2. The zero-order valence-electron chi connectivity index (χ0n) is 16.9. The Hall–Kier alpha value is 1.02. The first-order valence-electron chi connectivity index (χ1n) is 9.91. The molecule has 0 fully saturated rings. The molecule has 8 heteroatoms. The van der Waals surface area contributed by atoms with Crippen LogP contribution in [0.1, 0.15) is 96.8 Å². The van der Waals surface area contributed by atoms with Crippen molar-refractivity contribution in [3.63, 3.8) is 0 Å². The molecule has 0 aromatic carbocycles. The molecule has 0 heterocycles. The number of hydrogen-bond acceptors (Lipinski definition) is 5. The third-order valence-electron chi connectivity index (χ3n) is 4.26. The maximum Gasteiger partial charge on any atom is 1.00 e. The zero-order valence-corrected chi connectivity index (χ0v) is 20.5. The van der Waals surface area contributed by atoms with Crippen LogP contribution in [-0.2, 0) is 25.4 Å². The van der Waals surface area contributed by atoms with Crippen LogP contribution in [0.4, 0.5) is 0 Å². The van der Waals surface area contributed by atoms with E-state index in [9.17, 15) is 17.2 Å². The van der Waals surface area contributed by atoms with Gasteiger partial charge in [0.2, 0.25) is 10.4 Å². The monoisotopic (exact) mass is 420 g/mol. The van der Waals surface area contributed by atoms with Crippen LogP contribution in [0.2, 0.25) is 0 Å². The topological polar surface area (TPSA) is 83.5 Å². The summed E-state index contributed by atoms with van der Waals surface area (Å²) in [5, 5.41) is 0. The van der Waals surface area contributed by atoms with Crippen molar-refractivity contribution in [2.45, 2.75) is 96.8 Å². The smallest absolute Gasteiger partial charge is 0.726 e. The molecule has 0 saturated carbocycles. The van der Waals surface area contributed by atoms with Crippen LogP contribution in [0.5, 0.6) is 0 Å². The summed E-state index contributed by atoms with van der Waals surface area (Å²) in [4.78, 5) is 0. The maximum atomic E-state index is 11.6. The minimum atomic E-state index is -4.65. The van der Waals surface area contributed by atoms with Crippen LogP contribution >= 0.6 is 0 Å². The fraction of sp³-hybridized carbons (Fsp3) is 1.00. The van der Waals surface area contributed by atoms with Gasteiger partial charge >= 0.3 is 29.6 Å². The predicted octanol–water partition coefficient (Wildman–Crippen LogP) is 1.70. The average molecular weight is 421 g/mol. The van der Waals surface area contributed by atoms with Crippen molar-refractivity contribution in [3.05, 3.63) is 0 Å². The Labute approximate surface area is 186 Å². The second kappa shape index (κ2) is 20.7. The van der Waals surface area contributed by atoms with E-state index in [0.29, 0.717) is 5.75 Å². The molecule has 26 heavy (non-hydrogen) atoms. The summed E-state index contributed by atoms with van der Waals surface area (Å²) in [5.41, 5.74) is 0. The Bertz CT molecular complexity index is 416. The van der Waals surface area contributed by atoms with Gasteiger partial charge in [0.25, 0.3) is 0 Å². The Morgan fingerprint density at radius 1 is 0.731 bits per heavy atom. The Morgan fingerprint density at radius 2 is 1.12 bits per heavy atom. The van der Waals surface area contributed by atoms with Gasteiger partial charge in [-0.2, -0.15) is 0 Å². The van der Waals surface area contributed by atoms with Gasteiger partial charge in [-0.3, -0.25) is 8.39 Å². The minimum Gasteiger partial charge on any atom is -0.726 e. The van der Waals surface area contributed by atoms with E-state index in [0.717, 1.165) is 12.8 Å². The van der Waals surface area contributed by atoms with Crippen LogP contribution in [-0.4, -0.2) is 35.3 Å². The van der Waals surface area contributed by atoms with E-state index >= 15 is 0 Å². The molecule has 0 saturated heterocycles. The molecule has 0 spiro atoms. The van der Waals surface area contributed by atoms with Crippen molar-refractivity contribution in [1.82, 2.24) is 0 Å². The normalized spacial score (nSPS) is 12.7. The number of unbranched alkanes of at least 4 members (excludes halogenated alkanes) is 13. The summed E-state index contributed by atoms with van der Waals surface area (Å²) in [6.07, 6.45) is 17.9. The van der Waals surface area contributed by atoms with Crippen molar-refractivity contribution < 1.29 is 50.9 Å². The van der Waals surface area contributed by atoms with E-state index < -0.39 is 21.2 Å². The third-order valence-corrected chi connectivity index (χ3v) is 6.09. The van der Waals surface area contributed by atoms with Crippen molar-refractivity contribution >= 4 is 21.2 Å². The van der Waals surface area contributed by atoms with Gasteiger partial charge < -0.3 is 4.55 Å². The quantitative estimate of drug-likeness (QED) is 0.137. The first-order valence-corrected chi connectivity index (χ1v) is 12.7. The van der Waals surface area contributed by atoms with Gasteiger partial charge in [0, 0.05) is 22.3 Å². The molecule has 0 N–H and O–H groups in total. The molecule has 0 aliphatic carbocycles. The van der Waals surface area contributed by atoms with Gasteiger partial charge in [-0.25, -0.2) is 8.42 Å². The number of rotatable bonds is 19. The minimum absolute atomic E-state index is 0. The van der Waals surface area contributed by atoms with E-state index in [-0.39, 0.29) is 41.9 Å². The van der Waals surface area contributed by atoms with Gasteiger partial charge in [-0.05, 0) is 6.42 Å². The molecule has 0 aliphatic heterocycles. The van der Waals surface area contributed by atoms with E-state index in [2.05, 4.69) is 11.1 Å². The van der Waals surface area contributed by atoms with E-state index in [1.807, 2.05) is 0 Å².